The third kappa shape index (κ3) is 6.31. The predicted octanol–water partition coefficient (Wildman–Crippen LogP) is 3.22. The predicted molar refractivity (Wildman–Crippen MR) is 131 cm³/mol. The van der Waals surface area contributed by atoms with Gasteiger partial charge in [0.15, 0.2) is 0 Å². The molecule has 4 rings (SSSR count). The van der Waals surface area contributed by atoms with Gasteiger partial charge in [-0.15, -0.1) is 0 Å². The average molecular weight is 455 g/mol. The summed E-state index contributed by atoms with van der Waals surface area (Å²) < 4.78 is 0. The van der Waals surface area contributed by atoms with Crippen molar-refractivity contribution in [2.45, 2.75) is 76.7 Å². The largest absolute Gasteiger partial charge is 0.357 e. The van der Waals surface area contributed by atoms with E-state index in [1.54, 1.807) is 6.07 Å². The highest BCUT2D eigenvalue weighted by Gasteiger charge is 2.26. The van der Waals surface area contributed by atoms with E-state index in [1.165, 1.54) is 19.3 Å². The molecule has 0 spiro atoms. The number of rotatable bonds is 6. The molecule has 4 N–H and O–H groups in total. The van der Waals surface area contributed by atoms with Gasteiger partial charge in [0.05, 0.1) is 0 Å². The van der Waals surface area contributed by atoms with Crippen molar-refractivity contribution in [1.82, 2.24) is 15.6 Å². The molecule has 2 saturated heterocycles. The summed E-state index contributed by atoms with van der Waals surface area (Å²) in [4.78, 5) is 32.9. The van der Waals surface area contributed by atoms with Crippen LogP contribution < -0.4 is 20.9 Å². The Morgan fingerprint density at radius 3 is 2.30 bits per heavy atom. The lowest BCUT2D eigenvalue weighted by Crippen LogP contribution is -2.45. The third-order valence-electron chi connectivity index (χ3n) is 7.20. The van der Waals surface area contributed by atoms with E-state index >= 15 is 0 Å². The fourth-order valence-electron chi connectivity index (χ4n) is 5.15. The van der Waals surface area contributed by atoms with Gasteiger partial charge in [-0.25, -0.2) is 4.98 Å². The summed E-state index contributed by atoms with van der Waals surface area (Å²) in [6, 6.07) is 3.75. The zero-order chi connectivity index (χ0) is 23.0. The summed E-state index contributed by atoms with van der Waals surface area (Å²) in [5.41, 5.74) is 0.256. The molecule has 0 aromatic carbocycles. The Morgan fingerprint density at radius 2 is 1.61 bits per heavy atom. The first-order valence-corrected chi connectivity index (χ1v) is 12.8. The van der Waals surface area contributed by atoms with Gasteiger partial charge in [0.2, 0.25) is 5.91 Å². The third-order valence-corrected chi connectivity index (χ3v) is 7.20. The van der Waals surface area contributed by atoms with Gasteiger partial charge in [-0.3, -0.25) is 15.0 Å². The van der Waals surface area contributed by atoms with E-state index in [1.807, 2.05) is 6.07 Å². The van der Waals surface area contributed by atoms with Gasteiger partial charge in [-0.05, 0) is 63.7 Å². The van der Waals surface area contributed by atoms with Gasteiger partial charge in [-0.1, -0.05) is 32.1 Å². The van der Waals surface area contributed by atoms with Gasteiger partial charge < -0.3 is 20.9 Å². The summed E-state index contributed by atoms with van der Waals surface area (Å²) in [6.45, 7) is 3.62. The molecule has 3 heterocycles. The summed E-state index contributed by atoms with van der Waals surface area (Å²) in [5, 5.41) is 17.9. The number of hydrogen-bond donors (Lipinski definition) is 4. The first-order valence-electron chi connectivity index (χ1n) is 12.8. The van der Waals surface area contributed by atoms with E-state index in [2.05, 4.69) is 20.9 Å². The molecule has 1 aromatic heterocycles. The zero-order valence-corrected chi connectivity index (χ0v) is 19.6. The molecule has 0 radical (unpaired) electrons. The lowest BCUT2D eigenvalue weighted by molar-refractivity contribution is -0.120. The van der Waals surface area contributed by atoms with Crippen molar-refractivity contribution in [3.05, 3.63) is 17.7 Å². The molecule has 1 aliphatic carbocycles. The highest BCUT2D eigenvalue weighted by Crippen LogP contribution is 2.27. The van der Waals surface area contributed by atoms with Crippen molar-refractivity contribution in [1.29, 1.82) is 5.41 Å². The van der Waals surface area contributed by atoms with Gasteiger partial charge >= 0.3 is 0 Å². The van der Waals surface area contributed by atoms with E-state index in [0.717, 1.165) is 83.4 Å². The maximum Gasteiger partial charge on any atom is 0.270 e. The number of aromatic nitrogens is 1. The SMILES string of the molecule is N=C(C(=O)NC1CCNCC1)c1ccc(N2CCCCCC2)nc1NC(=O)C1CCCCC1. The molecule has 8 heteroatoms. The number of nitrogens with one attached hydrogen (secondary N) is 4. The first kappa shape index (κ1) is 23.7. The second-order valence-corrected chi connectivity index (χ2v) is 9.66. The molecular formula is C25H38N6O2. The van der Waals surface area contributed by atoms with Gasteiger partial charge in [-0.2, -0.15) is 0 Å². The zero-order valence-electron chi connectivity index (χ0n) is 19.6. The van der Waals surface area contributed by atoms with Crippen LogP contribution in [0.4, 0.5) is 11.6 Å². The Morgan fingerprint density at radius 1 is 0.939 bits per heavy atom. The lowest BCUT2D eigenvalue weighted by atomic mass is 9.88. The van der Waals surface area contributed by atoms with Crippen molar-refractivity contribution in [2.24, 2.45) is 5.92 Å². The standard InChI is InChI=1S/C25H38N6O2/c26-22(25(33)28-19-12-14-27-15-13-19)20-10-11-21(31-16-6-1-2-7-17-31)29-23(20)30-24(32)18-8-4-3-5-9-18/h10-11,18-19,26-27H,1-9,12-17H2,(H,28,33)(H,29,30,32). The van der Waals surface area contributed by atoms with Crippen LogP contribution in [0.2, 0.25) is 0 Å². The highest BCUT2D eigenvalue weighted by molar-refractivity contribution is 6.45. The molecule has 0 unspecified atom stereocenters. The van der Waals surface area contributed by atoms with E-state index in [4.69, 9.17) is 10.4 Å². The quantitative estimate of drug-likeness (QED) is 0.494. The van der Waals surface area contributed by atoms with Gasteiger partial charge in [0.1, 0.15) is 17.3 Å². The van der Waals surface area contributed by atoms with Crippen molar-refractivity contribution in [3.63, 3.8) is 0 Å². The Labute approximate surface area is 196 Å². The minimum Gasteiger partial charge on any atom is -0.357 e. The molecule has 33 heavy (non-hydrogen) atoms. The summed E-state index contributed by atoms with van der Waals surface area (Å²) >= 11 is 0. The van der Waals surface area contributed by atoms with Crippen LogP contribution in [0.25, 0.3) is 0 Å². The van der Waals surface area contributed by atoms with E-state index in [0.29, 0.717) is 11.4 Å². The Bertz CT molecular complexity index is 837. The lowest BCUT2D eigenvalue weighted by Gasteiger charge is -2.25. The second-order valence-electron chi connectivity index (χ2n) is 9.66. The number of amides is 2. The second kappa shape index (κ2) is 11.6. The molecule has 3 aliphatic rings. The van der Waals surface area contributed by atoms with E-state index < -0.39 is 5.91 Å². The Hall–Kier alpha value is -2.48. The van der Waals surface area contributed by atoms with Crippen LogP contribution in [0.3, 0.4) is 0 Å². The minimum atomic E-state index is -0.403. The minimum absolute atomic E-state index is 0.0204. The number of anilines is 2. The molecule has 180 valence electrons. The molecule has 8 nitrogen and oxygen atoms in total. The Balaban J connectivity index is 1.54. The van der Waals surface area contributed by atoms with Crippen molar-refractivity contribution >= 4 is 29.2 Å². The van der Waals surface area contributed by atoms with Crippen LogP contribution in [0.15, 0.2) is 12.1 Å². The molecule has 2 amide bonds. The van der Waals surface area contributed by atoms with Crippen molar-refractivity contribution < 1.29 is 9.59 Å². The maximum atomic E-state index is 13.0. The molecule has 0 bridgehead atoms. The molecule has 0 atom stereocenters. The van der Waals surface area contributed by atoms with Crippen molar-refractivity contribution in [2.75, 3.05) is 36.4 Å². The van der Waals surface area contributed by atoms with E-state index in [9.17, 15) is 9.59 Å². The summed E-state index contributed by atoms with van der Waals surface area (Å²) in [7, 11) is 0. The monoisotopic (exact) mass is 454 g/mol. The number of pyridine rings is 1. The van der Waals surface area contributed by atoms with Gasteiger partial charge in [0, 0.05) is 30.6 Å². The first-order chi connectivity index (χ1) is 16.1. The summed E-state index contributed by atoms with van der Waals surface area (Å²) in [5.74, 6) is 0.694. The number of hydrogen-bond acceptors (Lipinski definition) is 6. The van der Waals surface area contributed by atoms with Crippen LogP contribution in [0.1, 0.15) is 76.2 Å². The fraction of sp³-hybridized carbons (Fsp3) is 0.680. The van der Waals surface area contributed by atoms with Crippen LogP contribution in [-0.2, 0) is 9.59 Å². The number of nitrogens with zero attached hydrogens (tertiary/aromatic N) is 2. The summed E-state index contributed by atoms with van der Waals surface area (Å²) in [6.07, 6.45) is 11.5. The van der Waals surface area contributed by atoms with Crippen LogP contribution >= 0.6 is 0 Å². The number of carbonyl (C=O) groups excluding carboxylic acids is 2. The van der Waals surface area contributed by atoms with Crippen LogP contribution in [0, 0.1) is 11.3 Å². The number of carbonyl (C=O) groups is 2. The Kier molecular flexibility index (Phi) is 8.31. The van der Waals surface area contributed by atoms with Gasteiger partial charge in [0.25, 0.3) is 5.91 Å². The van der Waals surface area contributed by atoms with E-state index in [-0.39, 0.29) is 23.6 Å². The van der Waals surface area contributed by atoms with Crippen LogP contribution in [-0.4, -0.2) is 54.7 Å². The fourth-order valence-corrected chi connectivity index (χ4v) is 5.15. The van der Waals surface area contributed by atoms with Crippen LogP contribution in [0.5, 0.6) is 0 Å². The molecule has 1 aromatic rings. The molecular weight excluding hydrogens is 416 g/mol. The normalized spacial score (nSPS) is 20.7. The smallest absolute Gasteiger partial charge is 0.270 e. The highest BCUT2D eigenvalue weighted by atomic mass is 16.2. The number of piperidine rings is 1. The molecule has 3 fully saturated rings. The molecule has 1 saturated carbocycles. The maximum absolute atomic E-state index is 13.0. The molecule has 2 aliphatic heterocycles. The topological polar surface area (TPSA) is 110 Å². The van der Waals surface area contributed by atoms with Crippen molar-refractivity contribution in [3.8, 4) is 0 Å². The average Bonchev–Trinajstić information content (AvgIpc) is 3.14.